The van der Waals surface area contributed by atoms with Crippen molar-refractivity contribution in [3.63, 3.8) is 0 Å². The van der Waals surface area contributed by atoms with E-state index >= 15 is 0 Å². The number of ether oxygens (including phenoxy) is 1. The summed E-state index contributed by atoms with van der Waals surface area (Å²) in [6.45, 7) is 4.24. The Balaban J connectivity index is 1.95. The van der Waals surface area contributed by atoms with Crippen LogP contribution in [0, 0.1) is 11.8 Å². The van der Waals surface area contributed by atoms with Gasteiger partial charge in [0.05, 0.1) is 0 Å². The van der Waals surface area contributed by atoms with Crippen LogP contribution in [0.3, 0.4) is 0 Å². The maximum Gasteiger partial charge on any atom is 0.306 e. The second-order valence-corrected chi connectivity index (χ2v) is 6.27. The van der Waals surface area contributed by atoms with Crippen molar-refractivity contribution in [3.8, 4) is 0 Å². The molecule has 0 aromatic rings. The van der Waals surface area contributed by atoms with Crippen molar-refractivity contribution in [2.45, 2.75) is 71.3 Å². The molecule has 0 spiro atoms. The van der Waals surface area contributed by atoms with E-state index in [1.165, 1.54) is 5.57 Å². The van der Waals surface area contributed by atoms with Crippen LogP contribution in [0.2, 0.25) is 0 Å². The molecule has 1 saturated carbocycles. The first-order valence-electron chi connectivity index (χ1n) is 8.04. The molecule has 0 N–H and O–H groups in total. The summed E-state index contributed by atoms with van der Waals surface area (Å²) in [5.41, 5.74) is 1.21. The molecule has 112 valence electrons. The topological polar surface area (TPSA) is 43.4 Å². The van der Waals surface area contributed by atoms with Gasteiger partial charge in [0, 0.05) is 18.8 Å². The van der Waals surface area contributed by atoms with Crippen LogP contribution in [0.15, 0.2) is 11.6 Å². The van der Waals surface area contributed by atoms with E-state index in [0.717, 1.165) is 38.5 Å². The summed E-state index contributed by atoms with van der Waals surface area (Å²) in [5.74, 6) is 0.750. The van der Waals surface area contributed by atoms with Gasteiger partial charge in [0.1, 0.15) is 6.10 Å². The van der Waals surface area contributed by atoms with Gasteiger partial charge < -0.3 is 4.74 Å². The Morgan fingerprint density at radius 3 is 2.95 bits per heavy atom. The monoisotopic (exact) mass is 278 g/mol. The number of unbranched alkanes of at least 4 members (excludes halogenated alkanes) is 2. The fourth-order valence-electron chi connectivity index (χ4n) is 3.58. The number of hydrogen-bond donors (Lipinski definition) is 0. The van der Waals surface area contributed by atoms with Gasteiger partial charge in [-0.1, -0.05) is 32.3 Å². The number of fused-ring (bicyclic) bond motifs is 1. The molecule has 20 heavy (non-hydrogen) atoms. The zero-order chi connectivity index (χ0) is 14.5. The molecule has 0 aromatic heterocycles. The van der Waals surface area contributed by atoms with Gasteiger partial charge in [-0.05, 0) is 37.7 Å². The standard InChI is InChI=1S/C17H26O3/c1-3-4-5-9-16(19)20-15-8-6-7-13-11-14(18)10-12(2)17(13)15/h11-12,15,17H,3-10H2,1-2H3/t12-,15+,17+/m1/s1. The van der Waals surface area contributed by atoms with E-state index in [1.807, 2.05) is 6.08 Å². The fraction of sp³-hybridized carbons (Fsp3) is 0.765. The second-order valence-electron chi connectivity index (χ2n) is 6.27. The lowest BCUT2D eigenvalue weighted by molar-refractivity contribution is -0.153. The molecular weight excluding hydrogens is 252 g/mol. The van der Waals surface area contributed by atoms with Crippen LogP contribution in [-0.4, -0.2) is 17.9 Å². The third-order valence-corrected chi connectivity index (χ3v) is 4.53. The van der Waals surface area contributed by atoms with Crippen LogP contribution in [0.5, 0.6) is 0 Å². The highest BCUT2D eigenvalue weighted by atomic mass is 16.5. The minimum Gasteiger partial charge on any atom is -0.462 e. The molecule has 0 radical (unpaired) electrons. The molecule has 2 rings (SSSR count). The third kappa shape index (κ3) is 3.71. The summed E-state index contributed by atoms with van der Waals surface area (Å²) in [6.07, 6.45) is 9.00. The summed E-state index contributed by atoms with van der Waals surface area (Å²) in [6, 6.07) is 0. The maximum absolute atomic E-state index is 11.9. The van der Waals surface area contributed by atoms with Crippen molar-refractivity contribution in [2.24, 2.45) is 11.8 Å². The molecule has 0 aromatic carbocycles. The van der Waals surface area contributed by atoms with Gasteiger partial charge in [0.25, 0.3) is 0 Å². The highest BCUT2D eigenvalue weighted by Gasteiger charge is 2.38. The van der Waals surface area contributed by atoms with Crippen LogP contribution < -0.4 is 0 Å². The first-order chi connectivity index (χ1) is 9.61. The number of carbonyl (C=O) groups excluding carboxylic acids is 2. The van der Waals surface area contributed by atoms with Gasteiger partial charge in [-0.2, -0.15) is 0 Å². The SMILES string of the molecule is CCCCCC(=O)O[C@H]1CCCC2=CC(=O)C[C@@H](C)[C@@H]21. The highest BCUT2D eigenvalue weighted by Crippen LogP contribution is 2.40. The molecule has 2 aliphatic rings. The Morgan fingerprint density at radius 2 is 2.20 bits per heavy atom. The highest BCUT2D eigenvalue weighted by molar-refractivity contribution is 5.91. The Kier molecular flexibility index (Phi) is 5.38. The molecule has 0 bridgehead atoms. The molecule has 0 heterocycles. The normalized spacial score (nSPS) is 29.6. The average Bonchev–Trinajstić information content (AvgIpc) is 2.38. The van der Waals surface area contributed by atoms with Gasteiger partial charge in [-0.25, -0.2) is 0 Å². The maximum atomic E-state index is 11.9. The minimum atomic E-state index is -0.0613. The summed E-state index contributed by atoms with van der Waals surface area (Å²) in [5, 5.41) is 0. The van der Waals surface area contributed by atoms with Crippen molar-refractivity contribution in [2.75, 3.05) is 0 Å². The van der Waals surface area contributed by atoms with E-state index in [-0.39, 0.29) is 23.8 Å². The summed E-state index contributed by atoms with van der Waals surface area (Å²) in [7, 11) is 0. The molecule has 0 amide bonds. The lowest BCUT2D eigenvalue weighted by Crippen LogP contribution is -2.38. The van der Waals surface area contributed by atoms with Gasteiger partial charge in [-0.3, -0.25) is 9.59 Å². The smallest absolute Gasteiger partial charge is 0.306 e. The Hall–Kier alpha value is -1.12. The fourth-order valence-corrected chi connectivity index (χ4v) is 3.58. The number of ketones is 1. The molecule has 3 heteroatoms. The number of rotatable bonds is 5. The summed E-state index contributed by atoms with van der Waals surface area (Å²) >= 11 is 0. The van der Waals surface area contributed by atoms with Crippen molar-refractivity contribution in [1.82, 2.24) is 0 Å². The Labute approximate surface area is 121 Å². The van der Waals surface area contributed by atoms with Gasteiger partial charge in [0.2, 0.25) is 0 Å². The van der Waals surface area contributed by atoms with E-state index in [1.54, 1.807) is 0 Å². The zero-order valence-electron chi connectivity index (χ0n) is 12.7. The van der Waals surface area contributed by atoms with E-state index < -0.39 is 0 Å². The number of esters is 1. The second kappa shape index (κ2) is 7.05. The van der Waals surface area contributed by atoms with E-state index in [2.05, 4.69) is 13.8 Å². The zero-order valence-corrected chi connectivity index (χ0v) is 12.7. The predicted molar refractivity (Wildman–Crippen MR) is 78.2 cm³/mol. The first-order valence-corrected chi connectivity index (χ1v) is 8.04. The molecule has 2 aliphatic carbocycles. The van der Waals surface area contributed by atoms with Gasteiger partial charge in [-0.15, -0.1) is 0 Å². The van der Waals surface area contributed by atoms with E-state index in [9.17, 15) is 9.59 Å². The van der Waals surface area contributed by atoms with Crippen molar-refractivity contribution >= 4 is 11.8 Å². The van der Waals surface area contributed by atoms with E-state index in [4.69, 9.17) is 4.74 Å². The molecule has 0 saturated heterocycles. The minimum absolute atomic E-state index is 0.00720. The van der Waals surface area contributed by atoms with Crippen LogP contribution in [0.4, 0.5) is 0 Å². The number of hydrogen-bond acceptors (Lipinski definition) is 3. The average molecular weight is 278 g/mol. The summed E-state index contributed by atoms with van der Waals surface area (Å²) < 4.78 is 5.72. The largest absolute Gasteiger partial charge is 0.462 e. The lowest BCUT2D eigenvalue weighted by atomic mass is 9.70. The molecule has 3 nitrogen and oxygen atoms in total. The van der Waals surface area contributed by atoms with Crippen LogP contribution in [0.1, 0.15) is 65.2 Å². The van der Waals surface area contributed by atoms with Crippen molar-refractivity contribution in [3.05, 3.63) is 11.6 Å². The van der Waals surface area contributed by atoms with Crippen LogP contribution in [0.25, 0.3) is 0 Å². The molecule has 3 atom stereocenters. The number of allylic oxidation sites excluding steroid dienone is 1. The Morgan fingerprint density at radius 1 is 1.40 bits per heavy atom. The van der Waals surface area contributed by atoms with Crippen molar-refractivity contribution in [1.29, 1.82) is 0 Å². The lowest BCUT2D eigenvalue weighted by Gasteiger charge is -2.39. The molecule has 1 fully saturated rings. The van der Waals surface area contributed by atoms with Crippen LogP contribution >= 0.6 is 0 Å². The predicted octanol–water partition coefficient (Wildman–Crippen LogP) is 3.81. The molecule has 0 aliphatic heterocycles. The summed E-state index contributed by atoms with van der Waals surface area (Å²) in [4.78, 5) is 23.6. The molecular formula is C17H26O3. The molecule has 0 unspecified atom stereocenters. The van der Waals surface area contributed by atoms with Gasteiger partial charge in [0.15, 0.2) is 5.78 Å². The first kappa shape index (κ1) is 15.3. The van der Waals surface area contributed by atoms with Crippen molar-refractivity contribution < 1.29 is 14.3 Å². The Bertz CT molecular complexity index is 397. The van der Waals surface area contributed by atoms with Crippen LogP contribution in [-0.2, 0) is 14.3 Å². The number of carbonyl (C=O) groups is 2. The third-order valence-electron chi connectivity index (χ3n) is 4.53. The van der Waals surface area contributed by atoms with E-state index in [0.29, 0.717) is 18.8 Å². The van der Waals surface area contributed by atoms with Gasteiger partial charge >= 0.3 is 5.97 Å². The quantitative estimate of drug-likeness (QED) is 0.567.